The predicted molar refractivity (Wildman–Crippen MR) is 143 cm³/mol. The maximum absolute atomic E-state index is 6.27. The number of aromatic nitrogens is 4. The third-order valence-corrected chi connectivity index (χ3v) is 7.48. The van der Waals surface area contributed by atoms with Gasteiger partial charge in [-0.25, -0.2) is 9.97 Å². The van der Waals surface area contributed by atoms with Crippen LogP contribution >= 0.6 is 0 Å². The molecule has 3 heterocycles. The van der Waals surface area contributed by atoms with Crippen molar-refractivity contribution in [2.75, 3.05) is 13.7 Å². The Hall–Kier alpha value is -3.93. The van der Waals surface area contributed by atoms with Gasteiger partial charge in [-0.2, -0.15) is 5.10 Å². The lowest BCUT2D eigenvalue weighted by atomic mass is 9.81. The summed E-state index contributed by atoms with van der Waals surface area (Å²) in [5, 5.41) is 9.41. The van der Waals surface area contributed by atoms with Crippen LogP contribution < -0.4 is 9.47 Å². The highest BCUT2D eigenvalue weighted by molar-refractivity contribution is 5.84. The van der Waals surface area contributed by atoms with Crippen molar-refractivity contribution in [3.63, 3.8) is 0 Å². The highest BCUT2D eigenvalue weighted by Gasteiger charge is 2.24. The molecule has 1 aliphatic heterocycles. The van der Waals surface area contributed by atoms with E-state index < -0.39 is 0 Å². The van der Waals surface area contributed by atoms with E-state index in [1.165, 1.54) is 16.7 Å². The number of methoxy groups -OCH3 is 1. The number of aryl methyl sites for hydroxylation is 1. The lowest BCUT2D eigenvalue weighted by molar-refractivity contribution is 0.221. The van der Waals surface area contributed by atoms with Crippen molar-refractivity contribution in [3.05, 3.63) is 77.9 Å². The van der Waals surface area contributed by atoms with Gasteiger partial charge in [-0.05, 0) is 91.1 Å². The molecule has 0 saturated heterocycles. The van der Waals surface area contributed by atoms with Gasteiger partial charge < -0.3 is 9.47 Å². The monoisotopic (exact) mass is 478 g/mol. The first kappa shape index (κ1) is 22.5. The zero-order chi connectivity index (χ0) is 24.6. The number of aromatic amines is 1. The van der Waals surface area contributed by atoms with Crippen LogP contribution in [0.3, 0.4) is 0 Å². The third-order valence-electron chi connectivity index (χ3n) is 7.48. The normalized spacial score (nSPS) is 17.9. The van der Waals surface area contributed by atoms with E-state index in [-0.39, 0.29) is 0 Å². The van der Waals surface area contributed by atoms with Crippen LogP contribution in [-0.4, -0.2) is 33.9 Å². The molecule has 2 aromatic heterocycles. The van der Waals surface area contributed by atoms with Crippen molar-refractivity contribution in [3.8, 4) is 22.6 Å². The second-order valence-corrected chi connectivity index (χ2v) is 9.88. The maximum Gasteiger partial charge on any atom is 0.126 e. The van der Waals surface area contributed by atoms with Crippen LogP contribution in [0.4, 0.5) is 0 Å². The molecule has 0 saturated carbocycles. The standard InChI is InChI=1S/C30H30N4O2/c1-18-12-23-13-22(21-4-8-27-24(14-21)17-31-34-27)5-9-30(23)36-11-10-20(18)15-28-26-7-6-25(35-3)16-29(26)33-19(2)32-28/h4-9,13-14,16-18,20H,10-12,15H2,1-3H3,(H,31,34). The molecule has 2 unspecified atom stereocenters. The fraction of sp³-hybridized carbons (Fsp3) is 0.300. The number of hydrogen-bond acceptors (Lipinski definition) is 5. The van der Waals surface area contributed by atoms with Gasteiger partial charge in [0.2, 0.25) is 0 Å². The molecular weight excluding hydrogens is 448 g/mol. The summed E-state index contributed by atoms with van der Waals surface area (Å²) in [5.41, 5.74) is 6.77. The van der Waals surface area contributed by atoms with Crippen LogP contribution in [0.5, 0.6) is 11.5 Å². The molecule has 5 aromatic rings. The van der Waals surface area contributed by atoms with E-state index in [0.29, 0.717) is 18.4 Å². The van der Waals surface area contributed by atoms with Gasteiger partial charge in [0.15, 0.2) is 0 Å². The summed E-state index contributed by atoms with van der Waals surface area (Å²) in [7, 11) is 1.69. The second-order valence-electron chi connectivity index (χ2n) is 9.88. The second kappa shape index (κ2) is 9.26. The van der Waals surface area contributed by atoms with Crippen LogP contribution in [0.2, 0.25) is 0 Å². The molecule has 1 aliphatic rings. The molecule has 182 valence electrons. The zero-order valence-corrected chi connectivity index (χ0v) is 20.9. The number of ether oxygens (including phenoxy) is 2. The summed E-state index contributed by atoms with van der Waals surface area (Å²) in [6.07, 6.45) is 4.75. The van der Waals surface area contributed by atoms with E-state index in [1.54, 1.807) is 7.11 Å². The number of nitrogens with one attached hydrogen (secondary N) is 1. The molecule has 0 aliphatic carbocycles. The lowest BCUT2D eigenvalue weighted by Crippen LogP contribution is -2.23. The van der Waals surface area contributed by atoms with Crippen LogP contribution in [0.15, 0.2) is 60.8 Å². The van der Waals surface area contributed by atoms with Gasteiger partial charge in [0.05, 0.1) is 36.6 Å². The van der Waals surface area contributed by atoms with Crippen molar-refractivity contribution < 1.29 is 9.47 Å². The van der Waals surface area contributed by atoms with Crippen molar-refractivity contribution in [1.29, 1.82) is 0 Å². The summed E-state index contributed by atoms with van der Waals surface area (Å²) in [5.74, 6) is 3.57. The molecule has 0 bridgehead atoms. The van der Waals surface area contributed by atoms with E-state index in [4.69, 9.17) is 14.5 Å². The molecule has 0 radical (unpaired) electrons. The molecule has 1 N–H and O–H groups in total. The number of hydrogen-bond donors (Lipinski definition) is 1. The molecule has 6 heteroatoms. The summed E-state index contributed by atoms with van der Waals surface area (Å²) < 4.78 is 11.7. The molecule has 3 aromatic carbocycles. The molecule has 36 heavy (non-hydrogen) atoms. The minimum atomic E-state index is 0.462. The summed E-state index contributed by atoms with van der Waals surface area (Å²) in [4.78, 5) is 9.51. The molecular formula is C30H30N4O2. The van der Waals surface area contributed by atoms with E-state index in [0.717, 1.165) is 64.1 Å². The quantitative estimate of drug-likeness (QED) is 0.328. The van der Waals surface area contributed by atoms with Gasteiger partial charge in [-0.15, -0.1) is 0 Å². The highest BCUT2D eigenvalue weighted by atomic mass is 16.5. The summed E-state index contributed by atoms with van der Waals surface area (Å²) in [6.45, 7) is 5.03. The average Bonchev–Trinajstić information content (AvgIpc) is 3.35. The van der Waals surface area contributed by atoms with Gasteiger partial charge in [-0.1, -0.05) is 19.1 Å². The van der Waals surface area contributed by atoms with Crippen molar-refractivity contribution in [2.45, 2.75) is 33.1 Å². The van der Waals surface area contributed by atoms with Crippen LogP contribution in [0, 0.1) is 18.8 Å². The van der Waals surface area contributed by atoms with Crippen LogP contribution in [0.25, 0.3) is 32.9 Å². The molecule has 0 spiro atoms. The average molecular weight is 479 g/mol. The smallest absolute Gasteiger partial charge is 0.126 e. The number of rotatable bonds is 4. The summed E-state index contributed by atoms with van der Waals surface area (Å²) >= 11 is 0. The van der Waals surface area contributed by atoms with Gasteiger partial charge in [0, 0.05) is 16.8 Å². The van der Waals surface area contributed by atoms with E-state index in [9.17, 15) is 0 Å². The zero-order valence-electron chi connectivity index (χ0n) is 20.9. The number of fused-ring (bicyclic) bond motifs is 3. The Balaban J connectivity index is 1.28. The van der Waals surface area contributed by atoms with E-state index in [1.807, 2.05) is 25.3 Å². The Morgan fingerprint density at radius 2 is 1.89 bits per heavy atom. The van der Waals surface area contributed by atoms with Crippen LogP contribution in [0.1, 0.15) is 30.4 Å². The van der Waals surface area contributed by atoms with Gasteiger partial charge in [0.25, 0.3) is 0 Å². The minimum absolute atomic E-state index is 0.462. The largest absolute Gasteiger partial charge is 0.497 e. The van der Waals surface area contributed by atoms with Crippen molar-refractivity contribution in [1.82, 2.24) is 20.2 Å². The first-order valence-corrected chi connectivity index (χ1v) is 12.6. The lowest BCUT2D eigenvalue weighted by Gasteiger charge is -2.28. The molecule has 0 fully saturated rings. The van der Waals surface area contributed by atoms with Gasteiger partial charge in [-0.3, -0.25) is 5.10 Å². The Bertz CT molecular complexity index is 1560. The molecule has 2 atom stereocenters. The SMILES string of the molecule is COc1ccc2c(CC3CCOc4ccc(-c5ccc6[nH]ncc6c5)cc4CC3C)nc(C)nc2c1. The van der Waals surface area contributed by atoms with E-state index in [2.05, 4.69) is 64.6 Å². The molecule has 0 amide bonds. The van der Waals surface area contributed by atoms with E-state index >= 15 is 0 Å². The first-order valence-electron chi connectivity index (χ1n) is 12.6. The Labute approximate surface area is 210 Å². The van der Waals surface area contributed by atoms with Crippen molar-refractivity contribution in [2.24, 2.45) is 11.8 Å². The summed E-state index contributed by atoms with van der Waals surface area (Å²) in [6, 6.07) is 19.1. The van der Waals surface area contributed by atoms with Crippen LogP contribution in [-0.2, 0) is 12.8 Å². The number of H-pyrrole nitrogens is 1. The van der Waals surface area contributed by atoms with Gasteiger partial charge >= 0.3 is 0 Å². The fourth-order valence-corrected chi connectivity index (χ4v) is 5.44. The fourth-order valence-electron chi connectivity index (χ4n) is 5.44. The minimum Gasteiger partial charge on any atom is -0.497 e. The molecule has 6 nitrogen and oxygen atoms in total. The number of nitrogens with zero attached hydrogens (tertiary/aromatic N) is 3. The van der Waals surface area contributed by atoms with Crippen molar-refractivity contribution >= 4 is 21.8 Å². The highest BCUT2D eigenvalue weighted by Crippen LogP contribution is 2.35. The number of benzene rings is 3. The topological polar surface area (TPSA) is 72.9 Å². The Morgan fingerprint density at radius 3 is 2.78 bits per heavy atom. The first-order chi connectivity index (χ1) is 17.6. The predicted octanol–water partition coefficient (Wildman–Crippen LogP) is 6.31. The Morgan fingerprint density at radius 1 is 1.03 bits per heavy atom. The van der Waals surface area contributed by atoms with Gasteiger partial charge in [0.1, 0.15) is 17.3 Å². The third kappa shape index (κ3) is 4.28. The maximum atomic E-state index is 6.27. The molecule has 6 rings (SSSR count). The Kier molecular flexibility index (Phi) is 5.80.